The standard InChI is InChI=1S/C31H40F3NO3/c1-3-19-8-12-25(13-9-19)38-28-15-11-20-16-21(10-14-26(20)29(28)31(32,33)34)27(4-2)35-23-6-5-7-24(35)18-22(17-23)30(36)37/h10-11,14-16,19,22-25,27H,3-9,12-13,17-18H2,1-2H3,(H,36,37)/t19-,22?,23?,24?,25-,27-/m1/s1. The van der Waals surface area contributed by atoms with Crippen molar-refractivity contribution >= 4 is 16.7 Å². The Labute approximate surface area is 223 Å². The maximum absolute atomic E-state index is 14.4. The molecule has 2 unspecified atom stereocenters. The van der Waals surface area contributed by atoms with Crippen LogP contribution in [0, 0.1) is 11.8 Å². The molecule has 7 heteroatoms. The van der Waals surface area contributed by atoms with E-state index in [4.69, 9.17) is 4.74 Å². The summed E-state index contributed by atoms with van der Waals surface area (Å²) in [5.74, 6) is -0.431. The quantitative estimate of drug-likeness (QED) is 0.390. The molecule has 2 bridgehead atoms. The lowest BCUT2D eigenvalue weighted by molar-refractivity contribution is -0.147. The highest BCUT2D eigenvalue weighted by atomic mass is 19.4. The molecule has 5 rings (SSSR count). The number of rotatable bonds is 7. The number of carboxylic acid groups (broad SMARTS) is 1. The fourth-order valence-corrected chi connectivity index (χ4v) is 7.51. The fraction of sp³-hybridized carbons (Fsp3) is 0.645. The third-order valence-electron chi connectivity index (χ3n) is 9.47. The zero-order chi connectivity index (χ0) is 27.0. The van der Waals surface area contributed by atoms with E-state index >= 15 is 0 Å². The normalized spacial score (nSPS) is 29.2. The second-order valence-electron chi connectivity index (χ2n) is 11.7. The molecule has 1 aliphatic carbocycles. The summed E-state index contributed by atoms with van der Waals surface area (Å²) < 4.78 is 49.2. The number of alkyl halides is 3. The lowest BCUT2D eigenvalue weighted by Gasteiger charge is -2.51. The smallest absolute Gasteiger partial charge is 0.420 e. The van der Waals surface area contributed by atoms with Gasteiger partial charge in [-0.05, 0) is 92.2 Å². The second kappa shape index (κ2) is 11.1. The predicted octanol–water partition coefficient (Wildman–Crippen LogP) is 8.38. The average molecular weight is 532 g/mol. The zero-order valence-electron chi connectivity index (χ0n) is 22.5. The lowest BCUT2D eigenvalue weighted by atomic mass is 9.76. The molecule has 2 heterocycles. The molecule has 0 aromatic heterocycles. The van der Waals surface area contributed by atoms with Crippen LogP contribution < -0.4 is 4.74 Å². The number of nitrogens with zero attached hydrogens (tertiary/aromatic N) is 1. The van der Waals surface area contributed by atoms with Gasteiger partial charge in [-0.1, -0.05) is 44.9 Å². The first kappa shape index (κ1) is 27.3. The van der Waals surface area contributed by atoms with Crippen molar-refractivity contribution in [2.45, 2.75) is 115 Å². The van der Waals surface area contributed by atoms with Gasteiger partial charge in [-0.3, -0.25) is 9.69 Å². The summed E-state index contributed by atoms with van der Waals surface area (Å²) in [7, 11) is 0. The van der Waals surface area contributed by atoms with Crippen molar-refractivity contribution in [3.63, 3.8) is 0 Å². The van der Waals surface area contributed by atoms with E-state index in [0.717, 1.165) is 63.4 Å². The first-order valence-corrected chi connectivity index (χ1v) is 14.5. The molecule has 0 amide bonds. The Hall–Kier alpha value is -2.28. The Kier molecular flexibility index (Phi) is 7.95. The summed E-state index contributed by atoms with van der Waals surface area (Å²) >= 11 is 0. The molecule has 0 spiro atoms. The fourth-order valence-electron chi connectivity index (χ4n) is 7.51. The average Bonchev–Trinajstić information content (AvgIpc) is 2.88. The Morgan fingerprint density at radius 1 is 1.03 bits per heavy atom. The summed E-state index contributed by atoms with van der Waals surface area (Å²) in [5.41, 5.74) is 0.330. The van der Waals surface area contributed by atoms with Crippen LogP contribution in [0.4, 0.5) is 13.2 Å². The van der Waals surface area contributed by atoms with E-state index in [1.54, 1.807) is 12.1 Å². The Morgan fingerprint density at radius 3 is 2.29 bits per heavy atom. The van der Waals surface area contributed by atoms with Crippen LogP contribution in [-0.2, 0) is 11.0 Å². The highest BCUT2D eigenvalue weighted by Gasteiger charge is 2.44. The number of aliphatic carboxylic acids is 1. The third-order valence-corrected chi connectivity index (χ3v) is 9.47. The van der Waals surface area contributed by atoms with Gasteiger partial charge < -0.3 is 9.84 Å². The molecule has 3 aliphatic rings. The molecule has 1 saturated carbocycles. The van der Waals surface area contributed by atoms with Gasteiger partial charge in [-0.15, -0.1) is 0 Å². The summed E-state index contributed by atoms with van der Waals surface area (Å²) in [6, 6.07) is 9.12. The minimum atomic E-state index is -4.52. The van der Waals surface area contributed by atoms with E-state index in [1.807, 2.05) is 12.1 Å². The van der Waals surface area contributed by atoms with Gasteiger partial charge >= 0.3 is 12.1 Å². The van der Waals surface area contributed by atoms with Gasteiger partial charge in [0.05, 0.1) is 12.0 Å². The van der Waals surface area contributed by atoms with Gasteiger partial charge in [0.1, 0.15) is 11.3 Å². The summed E-state index contributed by atoms with van der Waals surface area (Å²) in [6.45, 7) is 4.28. The number of fused-ring (bicyclic) bond motifs is 3. The maximum atomic E-state index is 14.4. The SMILES string of the molecule is CC[C@H](c1ccc2c(C(F)(F)F)c(O[C@H]3CC[C@H](CC)CC3)ccc2c1)N1C2CCCC1CC(C(=O)O)C2. The van der Waals surface area contributed by atoms with Crippen molar-refractivity contribution in [3.8, 4) is 5.75 Å². The number of hydrogen-bond donors (Lipinski definition) is 1. The number of halogens is 3. The van der Waals surface area contributed by atoms with Crippen LogP contribution in [0.2, 0.25) is 0 Å². The van der Waals surface area contributed by atoms with Crippen molar-refractivity contribution in [3.05, 3.63) is 41.5 Å². The largest absolute Gasteiger partial charge is 0.490 e. The molecule has 3 atom stereocenters. The summed E-state index contributed by atoms with van der Waals surface area (Å²) in [6.07, 6.45) is 5.19. The van der Waals surface area contributed by atoms with E-state index < -0.39 is 17.7 Å². The van der Waals surface area contributed by atoms with Gasteiger partial charge in [0, 0.05) is 18.1 Å². The van der Waals surface area contributed by atoms with Gasteiger partial charge in [-0.25, -0.2) is 0 Å². The van der Waals surface area contributed by atoms with Crippen LogP contribution in [0.5, 0.6) is 5.75 Å². The minimum Gasteiger partial charge on any atom is -0.490 e. The van der Waals surface area contributed by atoms with Crippen LogP contribution in [0.3, 0.4) is 0 Å². The van der Waals surface area contributed by atoms with Crippen molar-refractivity contribution in [2.75, 3.05) is 0 Å². The first-order chi connectivity index (χ1) is 18.2. The monoisotopic (exact) mass is 531 g/mol. The second-order valence-corrected chi connectivity index (χ2v) is 11.7. The lowest BCUT2D eigenvalue weighted by Crippen LogP contribution is -2.54. The molecule has 2 aromatic rings. The maximum Gasteiger partial charge on any atom is 0.420 e. The van der Waals surface area contributed by atoms with E-state index in [-0.39, 0.29) is 41.3 Å². The molecular weight excluding hydrogens is 491 g/mol. The molecule has 1 N–H and O–H groups in total. The Balaban J connectivity index is 1.44. The van der Waals surface area contributed by atoms with Gasteiger partial charge in [0.2, 0.25) is 0 Å². The van der Waals surface area contributed by atoms with Gasteiger partial charge in [0.15, 0.2) is 0 Å². The summed E-state index contributed by atoms with van der Waals surface area (Å²) in [5, 5.41) is 10.4. The molecule has 2 saturated heterocycles. The summed E-state index contributed by atoms with van der Waals surface area (Å²) in [4.78, 5) is 14.2. The van der Waals surface area contributed by atoms with E-state index in [0.29, 0.717) is 24.1 Å². The number of carboxylic acids is 1. The highest BCUT2D eigenvalue weighted by Crippen LogP contribution is 2.46. The van der Waals surface area contributed by atoms with Gasteiger partial charge in [0.25, 0.3) is 0 Å². The molecular formula is C31H40F3NO3. The van der Waals surface area contributed by atoms with Crippen molar-refractivity contribution < 1.29 is 27.8 Å². The Bertz CT molecular complexity index is 1130. The number of piperidine rings is 2. The first-order valence-electron chi connectivity index (χ1n) is 14.5. The minimum absolute atomic E-state index is 0.0588. The molecule has 208 valence electrons. The van der Waals surface area contributed by atoms with E-state index in [1.165, 1.54) is 6.07 Å². The van der Waals surface area contributed by atoms with Crippen molar-refractivity contribution in [1.29, 1.82) is 0 Å². The van der Waals surface area contributed by atoms with Gasteiger partial charge in [-0.2, -0.15) is 13.2 Å². The van der Waals surface area contributed by atoms with Crippen LogP contribution in [0.25, 0.3) is 10.8 Å². The van der Waals surface area contributed by atoms with Crippen molar-refractivity contribution in [2.24, 2.45) is 11.8 Å². The highest BCUT2D eigenvalue weighted by molar-refractivity contribution is 5.89. The van der Waals surface area contributed by atoms with E-state index in [9.17, 15) is 23.1 Å². The van der Waals surface area contributed by atoms with Crippen molar-refractivity contribution in [1.82, 2.24) is 4.90 Å². The number of ether oxygens (including phenoxy) is 1. The molecule has 2 aliphatic heterocycles. The van der Waals surface area contributed by atoms with E-state index in [2.05, 4.69) is 18.7 Å². The topological polar surface area (TPSA) is 49.8 Å². The van der Waals surface area contributed by atoms with Crippen LogP contribution >= 0.6 is 0 Å². The molecule has 2 aromatic carbocycles. The number of benzene rings is 2. The molecule has 3 fully saturated rings. The molecule has 0 radical (unpaired) electrons. The Morgan fingerprint density at radius 2 is 1.71 bits per heavy atom. The number of carbonyl (C=O) groups is 1. The zero-order valence-corrected chi connectivity index (χ0v) is 22.5. The molecule has 38 heavy (non-hydrogen) atoms. The predicted molar refractivity (Wildman–Crippen MR) is 142 cm³/mol. The van der Waals surface area contributed by atoms with Crippen LogP contribution in [0.15, 0.2) is 30.3 Å². The number of hydrogen-bond acceptors (Lipinski definition) is 3. The molecule has 4 nitrogen and oxygen atoms in total. The van der Waals surface area contributed by atoms with Crippen LogP contribution in [0.1, 0.15) is 102 Å². The third kappa shape index (κ3) is 5.41. The van der Waals surface area contributed by atoms with Crippen LogP contribution in [-0.4, -0.2) is 34.2 Å².